The van der Waals surface area contributed by atoms with Gasteiger partial charge in [-0.1, -0.05) is 45.0 Å². The monoisotopic (exact) mass is 439 g/mol. The third-order valence-electron chi connectivity index (χ3n) is 5.83. The minimum atomic E-state index is -3.20. The number of amides is 1. The van der Waals surface area contributed by atoms with Gasteiger partial charge in [0.05, 0.1) is 22.0 Å². The molecule has 0 unspecified atom stereocenters. The van der Waals surface area contributed by atoms with Crippen LogP contribution in [0.5, 0.6) is 0 Å². The molecule has 0 bridgehead atoms. The smallest absolute Gasteiger partial charge is 0.223 e. The third kappa shape index (κ3) is 4.37. The number of aromatic nitrogens is 2. The summed E-state index contributed by atoms with van der Waals surface area (Å²) < 4.78 is 25.5. The Hall–Kier alpha value is -2.67. The second-order valence-corrected chi connectivity index (χ2v) is 11.4. The van der Waals surface area contributed by atoms with Crippen LogP contribution in [-0.2, 0) is 26.5 Å². The molecule has 1 aliphatic heterocycles. The first kappa shape index (κ1) is 21.6. The average Bonchev–Trinajstić information content (AvgIpc) is 3.05. The van der Waals surface area contributed by atoms with E-state index in [2.05, 4.69) is 31.4 Å². The van der Waals surface area contributed by atoms with Crippen LogP contribution in [0.3, 0.4) is 0 Å². The maximum absolute atomic E-state index is 12.7. The van der Waals surface area contributed by atoms with Crippen LogP contribution in [0.25, 0.3) is 11.0 Å². The van der Waals surface area contributed by atoms with Gasteiger partial charge in [0.2, 0.25) is 5.91 Å². The number of para-hydroxylation sites is 2. The second kappa shape index (κ2) is 7.79. The Morgan fingerprint density at radius 2 is 1.71 bits per heavy atom. The fourth-order valence-corrected chi connectivity index (χ4v) is 4.71. The quantitative estimate of drug-likeness (QED) is 0.607. The van der Waals surface area contributed by atoms with E-state index in [9.17, 15) is 13.2 Å². The number of fused-ring (bicyclic) bond motifs is 1. The Balaban J connectivity index is 1.41. The van der Waals surface area contributed by atoms with Gasteiger partial charge in [-0.2, -0.15) is 0 Å². The maximum atomic E-state index is 12.7. The van der Waals surface area contributed by atoms with Gasteiger partial charge in [-0.3, -0.25) is 4.79 Å². The zero-order valence-electron chi connectivity index (χ0n) is 18.5. The molecule has 2 heterocycles. The number of sulfone groups is 1. The molecule has 6 nitrogen and oxygen atoms in total. The maximum Gasteiger partial charge on any atom is 0.223 e. The van der Waals surface area contributed by atoms with Gasteiger partial charge in [0.25, 0.3) is 0 Å². The Morgan fingerprint density at radius 1 is 1.06 bits per heavy atom. The van der Waals surface area contributed by atoms with Crippen LogP contribution in [0.1, 0.15) is 44.6 Å². The number of nitrogens with zero attached hydrogens (tertiary/aromatic N) is 3. The number of carbonyl (C=O) groups is 1. The molecule has 1 fully saturated rings. The molecule has 0 radical (unpaired) electrons. The lowest BCUT2D eigenvalue weighted by atomic mass is 9.94. The van der Waals surface area contributed by atoms with Crippen molar-refractivity contribution in [2.45, 2.75) is 50.0 Å². The van der Waals surface area contributed by atoms with Crippen LogP contribution in [-0.4, -0.2) is 48.1 Å². The van der Waals surface area contributed by atoms with E-state index in [1.54, 1.807) is 24.3 Å². The highest BCUT2D eigenvalue weighted by atomic mass is 32.2. The number of aryl methyl sites for hydroxylation is 1. The highest BCUT2D eigenvalue weighted by Crippen LogP contribution is 2.33. The van der Waals surface area contributed by atoms with E-state index in [0.29, 0.717) is 30.8 Å². The molecule has 164 valence electrons. The van der Waals surface area contributed by atoms with Gasteiger partial charge in [0.1, 0.15) is 5.82 Å². The van der Waals surface area contributed by atoms with Gasteiger partial charge in [-0.25, -0.2) is 13.4 Å². The number of carbonyl (C=O) groups excluding carboxylic acids is 1. The van der Waals surface area contributed by atoms with E-state index in [1.807, 2.05) is 23.1 Å². The summed E-state index contributed by atoms with van der Waals surface area (Å²) in [6.07, 6.45) is 2.22. The Bertz CT molecular complexity index is 1220. The Labute approximate surface area is 183 Å². The van der Waals surface area contributed by atoms with Crippen molar-refractivity contribution in [3.05, 3.63) is 59.9 Å². The van der Waals surface area contributed by atoms with Crippen molar-refractivity contribution in [2.24, 2.45) is 0 Å². The predicted octanol–water partition coefficient (Wildman–Crippen LogP) is 3.75. The molecule has 1 aromatic heterocycles. The van der Waals surface area contributed by atoms with Crippen molar-refractivity contribution in [3.8, 4) is 0 Å². The molecule has 0 atom stereocenters. The summed E-state index contributed by atoms with van der Waals surface area (Å²) >= 11 is 0. The van der Waals surface area contributed by atoms with Crippen molar-refractivity contribution in [1.82, 2.24) is 14.5 Å². The molecule has 0 N–H and O–H groups in total. The van der Waals surface area contributed by atoms with Crippen molar-refractivity contribution in [3.63, 3.8) is 0 Å². The second-order valence-electron chi connectivity index (χ2n) is 9.41. The van der Waals surface area contributed by atoms with Crippen LogP contribution < -0.4 is 0 Å². The van der Waals surface area contributed by atoms with Crippen molar-refractivity contribution in [1.29, 1.82) is 0 Å². The van der Waals surface area contributed by atoms with Crippen LogP contribution in [0.2, 0.25) is 0 Å². The van der Waals surface area contributed by atoms with Gasteiger partial charge in [0, 0.05) is 31.2 Å². The number of imidazole rings is 1. The summed E-state index contributed by atoms with van der Waals surface area (Å²) in [6.45, 7) is 7.88. The van der Waals surface area contributed by atoms with Gasteiger partial charge in [-0.15, -0.1) is 0 Å². The largest absolute Gasteiger partial charge is 0.338 e. The number of hydrogen-bond donors (Lipinski definition) is 0. The van der Waals surface area contributed by atoms with E-state index >= 15 is 0 Å². The molecule has 0 spiro atoms. The first-order chi connectivity index (χ1) is 14.5. The normalized spacial score (nSPS) is 15.3. The van der Waals surface area contributed by atoms with E-state index in [4.69, 9.17) is 4.98 Å². The highest BCUT2D eigenvalue weighted by Gasteiger charge is 2.36. The molecule has 0 aliphatic carbocycles. The lowest BCUT2D eigenvalue weighted by Gasteiger charge is -2.42. The fraction of sp³-hybridized carbons (Fsp3) is 0.417. The first-order valence-electron chi connectivity index (χ1n) is 10.6. The number of hydrogen-bond acceptors (Lipinski definition) is 4. The zero-order valence-corrected chi connectivity index (χ0v) is 19.3. The lowest BCUT2D eigenvalue weighted by Crippen LogP contribution is -2.51. The van der Waals surface area contributed by atoms with Crippen molar-refractivity contribution >= 4 is 26.8 Å². The average molecular weight is 440 g/mol. The van der Waals surface area contributed by atoms with Crippen LogP contribution in [0.4, 0.5) is 0 Å². The standard InChI is InChI=1S/C24H29N3O3S/c1-24(2,3)23-25-20-7-5-6-8-21(20)27(23)18-15-26(16-18)22(28)14-11-17-9-12-19(13-10-17)31(4,29)30/h5-10,12-13,18H,11,14-16H2,1-4H3. The third-order valence-corrected chi connectivity index (χ3v) is 6.95. The number of rotatable bonds is 5. The number of likely N-dealkylation sites (tertiary alicyclic amines) is 1. The van der Waals surface area contributed by atoms with Crippen LogP contribution in [0.15, 0.2) is 53.4 Å². The van der Waals surface area contributed by atoms with Crippen molar-refractivity contribution < 1.29 is 13.2 Å². The summed E-state index contributed by atoms with van der Waals surface area (Å²) in [6, 6.07) is 15.2. The van der Waals surface area contributed by atoms with E-state index in [0.717, 1.165) is 22.4 Å². The molecule has 2 aromatic carbocycles. The minimum Gasteiger partial charge on any atom is -0.338 e. The minimum absolute atomic E-state index is 0.0818. The zero-order chi connectivity index (χ0) is 22.4. The van der Waals surface area contributed by atoms with Crippen LogP contribution >= 0.6 is 0 Å². The van der Waals surface area contributed by atoms with Gasteiger partial charge < -0.3 is 9.47 Å². The fourth-order valence-electron chi connectivity index (χ4n) is 4.08. The van der Waals surface area contributed by atoms with E-state index in [-0.39, 0.29) is 17.4 Å². The summed E-state index contributed by atoms with van der Waals surface area (Å²) in [5.74, 6) is 1.18. The topological polar surface area (TPSA) is 72.3 Å². The summed E-state index contributed by atoms with van der Waals surface area (Å²) in [7, 11) is -3.20. The molecule has 31 heavy (non-hydrogen) atoms. The molecular weight excluding hydrogens is 410 g/mol. The molecule has 1 amide bonds. The van der Waals surface area contributed by atoms with Gasteiger partial charge in [0.15, 0.2) is 9.84 Å². The molecule has 0 saturated carbocycles. The molecular formula is C24H29N3O3S. The van der Waals surface area contributed by atoms with E-state index in [1.165, 1.54) is 6.26 Å². The Kier molecular flexibility index (Phi) is 5.41. The van der Waals surface area contributed by atoms with Crippen molar-refractivity contribution in [2.75, 3.05) is 19.3 Å². The highest BCUT2D eigenvalue weighted by molar-refractivity contribution is 7.90. The predicted molar refractivity (Wildman–Crippen MR) is 122 cm³/mol. The molecule has 1 saturated heterocycles. The number of benzene rings is 2. The Morgan fingerprint density at radius 3 is 2.32 bits per heavy atom. The summed E-state index contributed by atoms with van der Waals surface area (Å²) in [5, 5.41) is 0. The molecule has 3 aromatic rings. The first-order valence-corrected chi connectivity index (χ1v) is 12.5. The lowest BCUT2D eigenvalue weighted by molar-refractivity contribution is -0.136. The molecule has 4 rings (SSSR count). The van der Waals surface area contributed by atoms with Gasteiger partial charge in [-0.05, 0) is 36.2 Å². The molecule has 1 aliphatic rings. The summed E-state index contributed by atoms with van der Waals surface area (Å²) in [4.78, 5) is 19.8. The molecule has 7 heteroatoms. The summed E-state index contributed by atoms with van der Waals surface area (Å²) in [5.41, 5.74) is 3.00. The van der Waals surface area contributed by atoms with Gasteiger partial charge >= 0.3 is 0 Å². The van der Waals surface area contributed by atoms with E-state index < -0.39 is 9.84 Å². The van der Waals surface area contributed by atoms with Crippen LogP contribution in [0, 0.1) is 0 Å². The SMILES string of the molecule is CC(C)(C)c1nc2ccccc2n1C1CN(C(=O)CCc2ccc(S(C)(=O)=O)cc2)C1.